The predicted molar refractivity (Wildman–Crippen MR) is 63.6 cm³/mol. The van der Waals surface area contributed by atoms with Gasteiger partial charge in [-0.1, -0.05) is 12.8 Å². The second-order valence-electron chi connectivity index (χ2n) is 4.59. The van der Waals surface area contributed by atoms with Crippen LogP contribution >= 0.6 is 0 Å². The van der Waals surface area contributed by atoms with Gasteiger partial charge in [-0.2, -0.15) is 0 Å². The van der Waals surface area contributed by atoms with E-state index in [2.05, 4.69) is 25.3 Å². The van der Waals surface area contributed by atoms with Gasteiger partial charge >= 0.3 is 0 Å². The molecule has 2 aromatic rings. The molecule has 0 spiro atoms. The number of imidazole rings is 1. The van der Waals surface area contributed by atoms with Gasteiger partial charge < -0.3 is 15.4 Å². The Morgan fingerprint density at radius 1 is 1.29 bits per heavy atom. The minimum Gasteiger partial charge on any atom is -0.394 e. The normalized spacial score (nSPS) is 18.6. The molecule has 6 heteroatoms. The Kier molecular flexibility index (Phi) is 2.44. The summed E-state index contributed by atoms with van der Waals surface area (Å²) in [4.78, 5) is 15.4. The summed E-state index contributed by atoms with van der Waals surface area (Å²) in [6.45, 7) is 0.132. The van der Waals surface area contributed by atoms with Crippen LogP contribution in [0.2, 0.25) is 0 Å². The Balaban J connectivity index is 1.96. The lowest BCUT2D eigenvalue weighted by atomic mass is 9.99. The fourth-order valence-electron chi connectivity index (χ4n) is 2.49. The first-order valence-electron chi connectivity index (χ1n) is 5.86. The average molecular weight is 233 g/mol. The molecule has 0 aliphatic heterocycles. The van der Waals surface area contributed by atoms with E-state index in [9.17, 15) is 5.11 Å². The summed E-state index contributed by atoms with van der Waals surface area (Å²) in [5.41, 5.74) is 1.22. The van der Waals surface area contributed by atoms with E-state index in [1.165, 1.54) is 6.33 Å². The summed E-state index contributed by atoms with van der Waals surface area (Å²) in [5.74, 6) is 0.725. The van der Waals surface area contributed by atoms with Gasteiger partial charge in [-0.05, 0) is 12.8 Å². The van der Waals surface area contributed by atoms with Gasteiger partial charge in [-0.3, -0.25) is 0 Å². The van der Waals surface area contributed by atoms with Crippen LogP contribution < -0.4 is 5.32 Å². The highest BCUT2D eigenvalue weighted by atomic mass is 16.3. The summed E-state index contributed by atoms with van der Waals surface area (Å²) in [6, 6.07) is 0. The van der Waals surface area contributed by atoms with Crippen LogP contribution in [0.1, 0.15) is 25.7 Å². The van der Waals surface area contributed by atoms with Crippen molar-refractivity contribution in [2.75, 3.05) is 11.9 Å². The van der Waals surface area contributed by atoms with E-state index in [0.717, 1.165) is 37.0 Å². The molecule has 0 atom stereocenters. The van der Waals surface area contributed by atoms with E-state index in [1.54, 1.807) is 6.33 Å². The zero-order valence-corrected chi connectivity index (χ0v) is 9.48. The first-order valence-corrected chi connectivity index (χ1v) is 5.86. The SMILES string of the molecule is OCC1(Nc2ncnc3nc[nH]c23)CCCC1. The van der Waals surface area contributed by atoms with E-state index in [1.807, 2.05) is 0 Å². The van der Waals surface area contributed by atoms with E-state index in [-0.39, 0.29) is 12.1 Å². The minimum atomic E-state index is -0.230. The van der Waals surface area contributed by atoms with Crippen LogP contribution in [0.5, 0.6) is 0 Å². The number of aliphatic hydroxyl groups excluding tert-OH is 1. The van der Waals surface area contributed by atoms with E-state index in [0.29, 0.717) is 5.65 Å². The summed E-state index contributed by atoms with van der Waals surface area (Å²) < 4.78 is 0. The number of fused-ring (bicyclic) bond motifs is 1. The van der Waals surface area contributed by atoms with E-state index < -0.39 is 0 Å². The zero-order chi connectivity index (χ0) is 11.7. The van der Waals surface area contributed by atoms with Gasteiger partial charge in [-0.15, -0.1) is 0 Å². The van der Waals surface area contributed by atoms with Crippen molar-refractivity contribution in [1.29, 1.82) is 0 Å². The predicted octanol–water partition coefficient (Wildman–Crippen LogP) is 1.07. The molecule has 1 saturated carbocycles. The largest absolute Gasteiger partial charge is 0.394 e. The van der Waals surface area contributed by atoms with Gasteiger partial charge in [0.25, 0.3) is 0 Å². The van der Waals surface area contributed by atoms with Crippen molar-refractivity contribution < 1.29 is 5.11 Å². The van der Waals surface area contributed by atoms with Crippen LogP contribution in [-0.2, 0) is 0 Å². The molecule has 0 bridgehead atoms. The lowest BCUT2D eigenvalue weighted by Gasteiger charge is -2.28. The van der Waals surface area contributed by atoms with Crippen molar-refractivity contribution in [2.45, 2.75) is 31.2 Å². The molecular formula is C11H15N5O. The third kappa shape index (κ3) is 1.74. The summed E-state index contributed by atoms with van der Waals surface area (Å²) >= 11 is 0. The highest BCUT2D eigenvalue weighted by Crippen LogP contribution is 2.33. The quantitative estimate of drug-likeness (QED) is 0.738. The first-order chi connectivity index (χ1) is 8.33. The van der Waals surface area contributed by atoms with Crippen molar-refractivity contribution >= 4 is 17.0 Å². The number of anilines is 1. The molecule has 2 heterocycles. The molecule has 1 fully saturated rings. The molecular weight excluding hydrogens is 218 g/mol. The molecule has 17 heavy (non-hydrogen) atoms. The highest BCUT2D eigenvalue weighted by Gasteiger charge is 2.33. The van der Waals surface area contributed by atoms with E-state index in [4.69, 9.17) is 0 Å². The van der Waals surface area contributed by atoms with Crippen molar-refractivity contribution in [2.24, 2.45) is 0 Å². The van der Waals surface area contributed by atoms with Crippen LogP contribution in [0.25, 0.3) is 11.2 Å². The summed E-state index contributed by atoms with van der Waals surface area (Å²) in [6.07, 6.45) is 7.33. The van der Waals surface area contributed by atoms with Crippen molar-refractivity contribution in [3.63, 3.8) is 0 Å². The van der Waals surface area contributed by atoms with Crippen molar-refractivity contribution in [3.8, 4) is 0 Å². The lowest BCUT2D eigenvalue weighted by Crippen LogP contribution is -2.39. The molecule has 2 aromatic heterocycles. The highest BCUT2D eigenvalue weighted by molar-refractivity contribution is 5.82. The van der Waals surface area contributed by atoms with Gasteiger partial charge in [0.15, 0.2) is 11.5 Å². The smallest absolute Gasteiger partial charge is 0.182 e. The third-order valence-electron chi connectivity index (χ3n) is 3.47. The fraction of sp³-hybridized carbons (Fsp3) is 0.545. The topological polar surface area (TPSA) is 86.7 Å². The average Bonchev–Trinajstić information content (AvgIpc) is 2.98. The molecule has 0 aromatic carbocycles. The zero-order valence-electron chi connectivity index (χ0n) is 9.48. The number of H-pyrrole nitrogens is 1. The molecule has 3 N–H and O–H groups in total. The first kappa shape index (κ1) is 10.5. The van der Waals surface area contributed by atoms with Crippen molar-refractivity contribution in [3.05, 3.63) is 12.7 Å². The Bertz CT molecular complexity index is 517. The Morgan fingerprint density at radius 3 is 2.88 bits per heavy atom. The number of hydrogen-bond donors (Lipinski definition) is 3. The van der Waals surface area contributed by atoms with Gasteiger partial charge in [0.2, 0.25) is 0 Å². The molecule has 0 amide bonds. The molecule has 0 radical (unpaired) electrons. The molecule has 1 aliphatic carbocycles. The number of aromatic amines is 1. The maximum atomic E-state index is 9.57. The van der Waals surface area contributed by atoms with Gasteiger partial charge in [0, 0.05) is 0 Å². The van der Waals surface area contributed by atoms with Crippen molar-refractivity contribution in [1.82, 2.24) is 19.9 Å². The molecule has 6 nitrogen and oxygen atoms in total. The van der Waals surface area contributed by atoms with Gasteiger partial charge in [-0.25, -0.2) is 15.0 Å². The van der Waals surface area contributed by atoms with Crippen LogP contribution in [0, 0.1) is 0 Å². The second kappa shape index (κ2) is 3.96. The van der Waals surface area contributed by atoms with Crippen LogP contribution in [0.3, 0.4) is 0 Å². The summed E-state index contributed by atoms with van der Waals surface area (Å²) in [5, 5.41) is 12.9. The number of nitrogens with zero attached hydrogens (tertiary/aromatic N) is 3. The number of rotatable bonds is 3. The van der Waals surface area contributed by atoms with Gasteiger partial charge in [0.1, 0.15) is 11.8 Å². The van der Waals surface area contributed by atoms with Crippen LogP contribution in [0.15, 0.2) is 12.7 Å². The van der Waals surface area contributed by atoms with Crippen LogP contribution in [0.4, 0.5) is 5.82 Å². The maximum Gasteiger partial charge on any atom is 0.182 e. The third-order valence-corrected chi connectivity index (χ3v) is 3.47. The lowest BCUT2D eigenvalue weighted by molar-refractivity contribution is 0.214. The Labute approximate surface area is 98.5 Å². The van der Waals surface area contributed by atoms with Crippen LogP contribution in [-0.4, -0.2) is 37.2 Å². The number of nitrogens with one attached hydrogen (secondary N) is 2. The molecule has 90 valence electrons. The number of aromatic nitrogens is 4. The molecule has 0 saturated heterocycles. The fourth-order valence-corrected chi connectivity index (χ4v) is 2.49. The minimum absolute atomic E-state index is 0.132. The number of aliphatic hydroxyl groups is 1. The molecule has 1 aliphatic rings. The maximum absolute atomic E-state index is 9.57. The monoisotopic (exact) mass is 233 g/mol. The van der Waals surface area contributed by atoms with Gasteiger partial charge in [0.05, 0.1) is 18.5 Å². The Hall–Kier alpha value is -1.69. The summed E-state index contributed by atoms with van der Waals surface area (Å²) in [7, 11) is 0. The number of hydrogen-bond acceptors (Lipinski definition) is 5. The standard InChI is InChI=1S/C11H15N5O/c17-5-11(3-1-2-4-11)16-10-8-9(13-6-12-8)14-7-15-10/h6-7,17H,1-5H2,(H2,12,13,14,15,16). The Morgan fingerprint density at radius 2 is 2.12 bits per heavy atom. The molecule has 0 unspecified atom stereocenters. The van der Waals surface area contributed by atoms with E-state index >= 15 is 0 Å². The molecule has 3 rings (SSSR count). The second-order valence-corrected chi connectivity index (χ2v) is 4.59.